The van der Waals surface area contributed by atoms with E-state index in [1.165, 1.54) is 5.56 Å². The third-order valence-electron chi connectivity index (χ3n) is 5.75. The molecular formula is C22H26N2O2. The quantitative estimate of drug-likeness (QED) is 0.901. The zero-order chi connectivity index (χ0) is 17.9. The molecule has 1 saturated heterocycles. The summed E-state index contributed by atoms with van der Waals surface area (Å²) in [6, 6.07) is 18.0. The summed E-state index contributed by atoms with van der Waals surface area (Å²) < 4.78 is 0. The Labute approximate surface area is 155 Å². The van der Waals surface area contributed by atoms with Gasteiger partial charge in [-0.1, -0.05) is 48.5 Å². The summed E-state index contributed by atoms with van der Waals surface area (Å²) in [6.45, 7) is 3.89. The van der Waals surface area contributed by atoms with E-state index in [1.807, 2.05) is 24.3 Å². The second-order valence-corrected chi connectivity index (χ2v) is 7.44. The van der Waals surface area contributed by atoms with Gasteiger partial charge in [-0.05, 0) is 49.9 Å². The number of piperidine rings is 1. The van der Waals surface area contributed by atoms with E-state index in [9.17, 15) is 9.90 Å². The van der Waals surface area contributed by atoms with Crippen molar-refractivity contribution in [2.45, 2.75) is 25.5 Å². The van der Waals surface area contributed by atoms with Crippen LogP contribution in [0.2, 0.25) is 0 Å². The van der Waals surface area contributed by atoms with E-state index >= 15 is 0 Å². The lowest BCUT2D eigenvalue weighted by atomic mass is 9.95. The van der Waals surface area contributed by atoms with Crippen molar-refractivity contribution in [2.24, 2.45) is 5.92 Å². The molecule has 4 rings (SSSR count). The molecule has 1 atom stereocenters. The van der Waals surface area contributed by atoms with E-state index in [2.05, 4.69) is 35.2 Å². The summed E-state index contributed by atoms with van der Waals surface area (Å²) in [7, 11) is 0. The number of hydrogen-bond donors (Lipinski definition) is 1. The SMILES string of the molecule is O=C1c2ccccc2C(O)N1CC1CCN(CCc2ccccc2)CC1. The summed E-state index contributed by atoms with van der Waals surface area (Å²) in [5.41, 5.74) is 2.79. The predicted molar refractivity (Wildman–Crippen MR) is 102 cm³/mol. The molecule has 1 fully saturated rings. The van der Waals surface area contributed by atoms with E-state index < -0.39 is 6.23 Å². The fraction of sp³-hybridized carbons (Fsp3) is 0.409. The Bertz CT molecular complexity index is 754. The molecule has 0 radical (unpaired) electrons. The highest BCUT2D eigenvalue weighted by molar-refractivity contribution is 5.98. The van der Waals surface area contributed by atoms with Crippen LogP contribution in [0.25, 0.3) is 0 Å². The molecule has 2 aromatic carbocycles. The second kappa shape index (κ2) is 7.60. The second-order valence-electron chi connectivity index (χ2n) is 7.44. The molecule has 0 bridgehead atoms. The Kier molecular flexibility index (Phi) is 5.05. The molecule has 2 heterocycles. The first-order valence-corrected chi connectivity index (χ1v) is 9.56. The standard InChI is InChI=1S/C22H26N2O2/c25-21-19-8-4-5-9-20(19)22(26)24(21)16-18-11-14-23(15-12-18)13-10-17-6-2-1-3-7-17/h1-9,18,21,25H,10-16H2. The molecule has 2 aromatic rings. The van der Waals surface area contributed by atoms with Gasteiger partial charge in [-0.2, -0.15) is 0 Å². The number of carbonyl (C=O) groups is 1. The molecule has 0 aromatic heterocycles. The monoisotopic (exact) mass is 350 g/mol. The Balaban J connectivity index is 1.27. The number of aliphatic hydroxyl groups excluding tert-OH is 1. The highest BCUT2D eigenvalue weighted by Gasteiger charge is 2.36. The van der Waals surface area contributed by atoms with Crippen LogP contribution in [0.5, 0.6) is 0 Å². The third kappa shape index (κ3) is 3.53. The fourth-order valence-electron chi connectivity index (χ4n) is 4.14. The fourth-order valence-corrected chi connectivity index (χ4v) is 4.14. The molecule has 0 aliphatic carbocycles. The lowest BCUT2D eigenvalue weighted by molar-refractivity contribution is 0.00549. The van der Waals surface area contributed by atoms with E-state index in [1.54, 1.807) is 4.90 Å². The van der Waals surface area contributed by atoms with Gasteiger partial charge in [-0.3, -0.25) is 4.79 Å². The zero-order valence-corrected chi connectivity index (χ0v) is 15.1. The van der Waals surface area contributed by atoms with Crippen LogP contribution in [0.3, 0.4) is 0 Å². The van der Waals surface area contributed by atoms with E-state index in [0.29, 0.717) is 18.0 Å². The Hall–Kier alpha value is -2.17. The van der Waals surface area contributed by atoms with Gasteiger partial charge in [0.15, 0.2) is 6.23 Å². The average Bonchev–Trinajstić information content (AvgIpc) is 2.93. The van der Waals surface area contributed by atoms with Gasteiger partial charge in [0.05, 0.1) is 0 Å². The predicted octanol–water partition coefficient (Wildman–Crippen LogP) is 3.09. The van der Waals surface area contributed by atoms with Gasteiger partial charge in [0.25, 0.3) is 5.91 Å². The van der Waals surface area contributed by atoms with Crippen LogP contribution < -0.4 is 0 Å². The third-order valence-corrected chi connectivity index (χ3v) is 5.75. The number of likely N-dealkylation sites (tertiary alicyclic amines) is 1. The molecule has 4 heteroatoms. The van der Waals surface area contributed by atoms with Crippen molar-refractivity contribution in [1.82, 2.24) is 9.80 Å². The molecule has 2 aliphatic rings. The Morgan fingerprint density at radius 2 is 1.65 bits per heavy atom. The molecule has 4 nitrogen and oxygen atoms in total. The van der Waals surface area contributed by atoms with Crippen LogP contribution in [-0.4, -0.2) is 47.0 Å². The smallest absolute Gasteiger partial charge is 0.256 e. The molecular weight excluding hydrogens is 324 g/mol. The lowest BCUT2D eigenvalue weighted by Gasteiger charge is -2.34. The number of fused-ring (bicyclic) bond motifs is 1. The Morgan fingerprint density at radius 3 is 2.38 bits per heavy atom. The molecule has 2 aliphatic heterocycles. The van der Waals surface area contributed by atoms with E-state index in [4.69, 9.17) is 0 Å². The van der Waals surface area contributed by atoms with Crippen molar-refractivity contribution in [3.63, 3.8) is 0 Å². The minimum Gasteiger partial charge on any atom is -0.369 e. The number of benzene rings is 2. The van der Waals surface area contributed by atoms with Crippen LogP contribution in [0.1, 0.15) is 40.6 Å². The van der Waals surface area contributed by atoms with Crippen molar-refractivity contribution < 1.29 is 9.90 Å². The van der Waals surface area contributed by atoms with Gasteiger partial charge >= 0.3 is 0 Å². The first-order valence-electron chi connectivity index (χ1n) is 9.56. The van der Waals surface area contributed by atoms with Crippen LogP contribution in [-0.2, 0) is 6.42 Å². The van der Waals surface area contributed by atoms with Gasteiger partial charge in [0, 0.05) is 24.2 Å². The highest BCUT2D eigenvalue weighted by atomic mass is 16.3. The number of nitrogens with zero attached hydrogens (tertiary/aromatic N) is 2. The topological polar surface area (TPSA) is 43.8 Å². The van der Waals surface area contributed by atoms with Crippen molar-refractivity contribution in [2.75, 3.05) is 26.2 Å². The van der Waals surface area contributed by atoms with Crippen LogP contribution >= 0.6 is 0 Å². The molecule has 1 N–H and O–H groups in total. The van der Waals surface area contributed by atoms with Crippen LogP contribution in [0, 0.1) is 5.92 Å². The van der Waals surface area contributed by atoms with Crippen molar-refractivity contribution in [3.8, 4) is 0 Å². The van der Waals surface area contributed by atoms with Crippen molar-refractivity contribution >= 4 is 5.91 Å². The summed E-state index contributed by atoms with van der Waals surface area (Å²) in [5.74, 6) is 0.440. The average molecular weight is 350 g/mol. The molecule has 1 amide bonds. The summed E-state index contributed by atoms with van der Waals surface area (Å²) in [6.07, 6.45) is 2.47. The maximum Gasteiger partial charge on any atom is 0.256 e. The van der Waals surface area contributed by atoms with Crippen LogP contribution in [0.15, 0.2) is 54.6 Å². The number of aliphatic hydroxyl groups is 1. The normalized spacial score (nSPS) is 21.2. The number of rotatable bonds is 5. The van der Waals surface area contributed by atoms with Gasteiger partial charge < -0.3 is 14.9 Å². The van der Waals surface area contributed by atoms with Crippen molar-refractivity contribution in [3.05, 3.63) is 71.3 Å². The molecule has 0 saturated carbocycles. The minimum absolute atomic E-state index is 0.0281. The first-order chi connectivity index (χ1) is 12.7. The molecule has 1 unspecified atom stereocenters. The van der Waals surface area contributed by atoms with Crippen LogP contribution in [0.4, 0.5) is 0 Å². The highest BCUT2D eigenvalue weighted by Crippen LogP contribution is 2.33. The maximum atomic E-state index is 12.6. The lowest BCUT2D eigenvalue weighted by Crippen LogP contribution is -2.40. The number of carbonyl (C=O) groups excluding carboxylic acids is 1. The minimum atomic E-state index is -0.783. The summed E-state index contributed by atoms with van der Waals surface area (Å²) in [4.78, 5) is 16.7. The number of hydrogen-bond acceptors (Lipinski definition) is 3. The maximum absolute atomic E-state index is 12.6. The molecule has 0 spiro atoms. The summed E-state index contributed by atoms with van der Waals surface area (Å²) >= 11 is 0. The Morgan fingerprint density at radius 1 is 0.962 bits per heavy atom. The molecule has 26 heavy (non-hydrogen) atoms. The van der Waals surface area contributed by atoms with Gasteiger partial charge in [0.1, 0.15) is 0 Å². The van der Waals surface area contributed by atoms with Gasteiger partial charge in [-0.25, -0.2) is 0 Å². The molecule has 136 valence electrons. The van der Waals surface area contributed by atoms with E-state index in [0.717, 1.165) is 44.5 Å². The first kappa shape index (κ1) is 17.3. The van der Waals surface area contributed by atoms with Gasteiger partial charge in [-0.15, -0.1) is 0 Å². The zero-order valence-electron chi connectivity index (χ0n) is 15.1. The largest absolute Gasteiger partial charge is 0.369 e. The number of amides is 1. The van der Waals surface area contributed by atoms with E-state index in [-0.39, 0.29) is 5.91 Å². The summed E-state index contributed by atoms with van der Waals surface area (Å²) in [5, 5.41) is 10.5. The van der Waals surface area contributed by atoms with Gasteiger partial charge in [0.2, 0.25) is 0 Å². The van der Waals surface area contributed by atoms with Crippen molar-refractivity contribution in [1.29, 1.82) is 0 Å².